The third-order valence-corrected chi connectivity index (χ3v) is 2.90. The third kappa shape index (κ3) is 3.51. The van der Waals surface area contributed by atoms with Crippen LogP contribution in [0, 0.1) is 11.8 Å². The van der Waals surface area contributed by atoms with E-state index in [1.807, 2.05) is 20.8 Å². The molecule has 1 aliphatic carbocycles. The Hall–Kier alpha value is -1.06. The fourth-order valence-corrected chi connectivity index (χ4v) is 2.19. The Morgan fingerprint density at radius 3 is 2.06 bits per heavy atom. The summed E-state index contributed by atoms with van der Waals surface area (Å²) < 4.78 is 0. The molecule has 0 aromatic heterocycles. The predicted molar refractivity (Wildman–Crippen MR) is 58.4 cm³/mol. The van der Waals surface area contributed by atoms with Gasteiger partial charge in [-0.2, -0.15) is 0 Å². The minimum absolute atomic E-state index is 0.151. The average Bonchev–Trinajstić information content (AvgIpc) is 2.15. The Labute approximate surface area is 96.4 Å². The van der Waals surface area contributed by atoms with E-state index in [1.54, 1.807) is 0 Å². The first-order valence-electron chi connectivity index (χ1n) is 5.84. The van der Waals surface area contributed by atoms with Crippen molar-refractivity contribution in [2.45, 2.75) is 52.0 Å². The first-order valence-corrected chi connectivity index (χ1v) is 5.84. The van der Waals surface area contributed by atoms with Crippen LogP contribution in [0.5, 0.6) is 0 Å². The maximum atomic E-state index is 11.9. The molecule has 16 heavy (non-hydrogen) atoms. The molecule has 1 aliphatic rings. The van der Waals surface area contributed by atoms with Gasteiger partial charge in [-0.1, -0.05) is 12.8 Å². The first-order chi connectivity index (χ1) is 7.31. The second kappa shape index (κ2) is 4.85. The highest BCUT2D eigenvalue weighted by Crippen LogP contribution is 2.30. The van der Waals surface area contributed by atoms with Crippen LogP contribution in [0.4, 0.5) is 0 Å². The van der Waals surface area contributed by atoms with Crippen molar-refractivity contribution in [3.8, 4) is 0 Å². The molecule has 4 heteroatoms. The van der Waals surface area contributed by atoms with Gasteiger partial charge in [-0.15, -0.1) is 0 Å². The fraction of sp³-hybridized carbons (Fsp3) is 0.833. The van der Waals surface area contributed by atoms with E-state index in [4.69, 9.17) is 0 Å². The molecule has 1 rings (SSSR count). The summed E-state index contributed by atoms with van der Waals surface area (Å²) in [6.07, 6.45) is 3.01. The summed E-state index contributed by atoms with van der Waals surface area (Å²) in [6, 6.07) is 0. The number of carboxylic acid groups (broad SMARTS) is 1. The third-order valence-electron chi connectivity index (χ3n) is 2.90. The molecule has 0 unspecified atom stereocenters. The molecular weight excluding hydrogens is 206 g/mol. The van der Waals surface area contributed by atoms with Crippen molar-refractivity contribution in [2.24, 2.45) is 11.8 Å². The van der Waals surface area contributed by atoms with E-state index in [-0.39, 0.29) is 11.4 Å². The van der Waals surface area contributed by atoms with Gasteiger partial charge in [0.05, 0.1) is 0 Å². The van der Waals surface area contributed by atoms with Gasteiger partial charge in [-0.25, -0.2) is 0 Å². The van der Waals surface area contributed by atoms with Gasteiger partial charge in [0.2, 0.25) is 5.91 Å². The summed E-state index contributed by atoms with van der Waals surface area (Å²) in [5, 5.41) is 13.8. The first kappa shape index (κ1) is 13.0. The van der Waals surface area contributed by atoms with Crippen LogP contribution in [0.2, 0.25) is 0 Å². The van der Waals surface area contributed by atoms with Crippen LogP contribution in [0.15, 0.2) is 0 Å². The minimum atomic E-state index is -1.09. The minimum Gasteiger partial charge on any atom is -0.550 e. The van der Waals surface area contributed by atoms with Crippen molar-refractivity contribution in [2.75, 3.05) is 0 Å². The van der Waals surface area contributed by atoms with Gasteiger partial charge < -0.3 is 15.2 Å². The summed E-state index contributed by atoms with van der Waals surface area (Å²) >= 11 is 0. The van der Waals surface area contributed by atoms with Gasteiger partial charge >= 0.3 is 0 Å². The van der Waals surface area contributed by atoms with E-state index < -0.39 is 17.8 Å². The summed E-state index contributed by atoms with van der Waals surface area (Å²) in [6.45, 7) is 5.67. The zero-order valence-electron chi connectivity index (χ0n) is 10.2. The molecular formula is C12H20NO3-. The van der Waals surface area contributed by atoms with Gasteiger partial charge in [0.1, 0.15) is 0 Å². The molecule has 4 nitrogen and oxygen atoms in total. The van der Waals surface area contributed by atoms with Crippen LogP contribution in [0.1, 0.15) is 46.5 Å². The molecule has 0 spiro atoms. The highest BCUT2D eigenvalue weighted by Gasteiger charge is 2.33. The summed E-state index contributed by atoms with van der Waals surface area (Å²) in [5.41, 5.74) is -0.314. The van der Waals surface area contributed by atoms with E-state index >= 15 is 0 Å². The lowest BCUT2D eigenvalue weighted by molar-refractivity contribution is -0.314. The average molecular weight is 226 g/mol. The van der Waals surface area contributed by atoms with E-state index in [0.29, 0.717) is 12.8 Å². The maximum absolute atomic E-state index is 11.9. The van der Waals surface area contributed by atoms with E-state index in [0.717, 1.165) is 12.8 Å². The second-order valence-corrected chi connectivity index (χ2v) is 5.56. The Bertz CT molecular complexity index is 280. The Balaban J connectivity index is 2.68. The lowest BCUT2D eigenvalue weighted by atomic mass is 9.78. The Morgan fingerprint density at radius 2 is 1.62 bits per heavy atom. The normalized spacial score (nSPS) is 26.2. The number of carboxylic acids is 1. The highest BCUT2D eigenvalue weighted by molar-refractivity contribution is 5.84. The Kier molecular flexibility index (Phi) is 3.94. The quantitative estimate of drug-likeness (QED) is 0.743. The lowest BCUT2D eigenvalue weighted by Gasteiger charge is -2.33. The highest BCUT2D eigenvalue weighted by atomic mass is 16.4. The standard InChI is InChI=1S/C12H21NO3/c1-12(2,3)13-10(14)8-6-4-5-7-9(8)11(15)16/h8-9H,4-7H2,1-3H3,(H,13,14)(H,15,16)/p-1/t8-,9-/m0/s1. The van der Waals surface area contributed by atoms with Crippen molar-refractivity contribution in [3.05, 3.63) is 0 Å². The van der Waals surface area contributed by atoms with Crippen molar-refractivity contribution in [1.29, 1.82) is 0 Å². The van der Waals surface area contributed by atoms with Crippen LogP contribution in [-0.2, 0) is 9.59 Å². The number of amides is 1. The number of nitrogens with one attached hydrogen (secondary N) is 1. The Morgan fingerprint density at radius 1 is 1.12 bits per heavy atom. The second-order valence-electron chi connectivity index (χ2n) is 5.56. The number of carbonyl (C=O) groups is 2. The van der Waals surface area contributed by atoms with Gasteiger partial charge in [0.25, 0.3) is 0 Å². The molecule has 0 bridgehead atoms. The number of aliphatic carboxylic acids is 1. The van der Waals surface area contributed by atoms with Gasteiger partial charge in [0.15, 0.2) is 0 Å². The smallest absolute Gasteiger partial charge is 0.224 e. The van der Waals surface area contributed by atoms with Gasteiger partial charge in [0, 0.05) is 23.3 Å². The van der Waals surface area contributed by atoms with Crippen molar-refractivity contribution in [1.82, 2.24) is 5.32 Å². The number of rotatable bonds is 2. The molecule has 2 atom stereocenters. The molecule has 0 heterocycles. The largest absolute Gasteiger partial charge is 0.550 e. The molecule has 0 aliphatic heterocycles. The molecule has 1 saturated carbocycles. The van der Waals surface area contributed by atoms with Crippen LogP contribution < -0.4 is 10.4 Å². The lowest BCUT2D eigenvalue weighted by Crippen LogP contribution is -2.49. The van der Waals surface area contributed by atoms with E-state index in [1.165, 1.54) is 0 Å². The van der Waals surface area contributed by atoms with Crippen LogP contribution in [0.25, 0.3) is 0 Å². The van der Waals surface area contributed by atoms with E-state index in [9.17, 15) is 14.7 Å². The molecule has 1 N–H and O–H groups in total. The van der Waals surface area contributed by atoms with Crippen molar-refractivity contribution < 1.29 is 14.7 Å². The van der Waals surface area contributed by atoms with Crippen LogP contribution in [-0.4, -0.2) is 17.4 Å². The van der Waals surface area contributed by atoms with Crippen LogP contribution in [0.3, 0.4) is 0 Å². The van der Waals surface area contributed by atoms with Gasteiger partial charge in [-0.05, 0) is 33.6 Å². The molecule has 0 aromatic rings. The molecule has 0 aromatic carbocycles. The monoisotopic (exact) mass is 226 g/mol. The zero-order chi connectivity index (χ0) is 12.3. The predicted octanol–water partition coefficient (Wildman–Crippen LogP) is 0.457. The fourth-order valence-electron chi connectivity index (χ4n) is 2.19. The SMILES string of the molecule is CC(C)(C)NC(=O)[C@H]1CCCC[C@@H]1C(=O)[O-]. The van der Waals surface area contributed by atoms with Gasteiger partial charge in [-0.3, -0.25) is 4.79 Å². The topological polar surface area (TPSA) is 69.2 Å². The molecule has 1 fully saturated rings. The van der Waals surface area contributed by atoms with Crippen molar-refractivity contribution >= 4 is 11.9 Å². The summed E-state index contributed by atoms with van der Waals surface area (Å²) in [4.78, 5) is 22.9. The molecule has 0 saturated heterocycles. The molecule has 92 valence electrons. The number of hydrogen-bond donors (Lipinski definition) is 1. The van der Waals surface area contributed by atoms with Crippen molar-refractivity contribution in [3.63, 3.8) is 0 Å². The number of carbonyl (C=O) groups excluding carboxylic acids is 2. The van der Waals surface area contributed by atoms with E-state index in [2.05, 4.69) is 5.32 Å². The maximum Gasteiger partial charge on any atom is 0.224 e. The number of hydrogen-bond acceptors (Lipinski definition) is 3. The molecule has 0 radical (unpaired) electrons. The zero-order valence-corrected chi connectivity index (χ0v) is 10.2. The van der Waals surface area contributed by atoms with Crippen LogP contribution >= 0.6 is 0 Å². The summed E-state index contributed by atoms with van der Waals surface area (Å²) in [7, 11) is 0. The molecule has 1 amide bonds. The summed E-state index contributed by atoms with van der Waals surface area (Å²) in [5.74, 6) is -2.27.